The van der Waals surface area contributed by atoms with Crippen LogP contribution < -0.4 is 0 Å². The highest BCUT2D eigenvalue weighted by molar-refractivity contribution is 6.39. The molecule has 1 nitrogen and oxygen atoms in total. The first kappa shape index (κ1) is 10.3. The fourth-order valence-corrected chi connectivity index (χ4v) is 2.05. The standard InChI is InChI=1S/C12H8Cl2O/c13-10-5-2-6-11(14)12(10)8-3-1-4-9(15)7-8/h1-7,15H. The molecule has 76 valence electrons. The van der Waals surface area contributed by atoms with E-state index in [1.165, 1.54) is 0 Å². The lowest BCUT2D eigenvalue weighted by molar-refractivity contribution is 0.475. The Hall–Kier alpha value is -1.18. The summed E-state index contributed by atoms with van der Waals surface area (Å²) < 4.78 is 0. The first-order valence-corrected chi connectivity index (χ1v) is 5.17. The molecule has 0 bridgehead atoms. The molecule has 0 fully saturated rings. The summed E-state index contributed by atoms with van der Waals surface area (Å²) in [7, 11) is 0. The second-order valence-electron chi connectivity index (χ2n) is 3.15. The van der Waals surface area contributed by atoms with Gasteiger partial charge in [0.05, 0.1) is 0 Å². The third-order valence-corrected chi connectivity index (χ3v) is 2.73. The molecule has 0 aliphatic heterocycles. The van der Waals surface area contributed by atoms with Gasteiger partial charge in [-0.15, -0.1) is 0 Å². The minimum atomic E-state index is 0.198. The Balaban J connectivity index is 2.63. The third-order valence-electron chi connectivity index (χ3n) is 2.10. The van der Waals surface area contributed by atoms with Crippen LogP contribution in [0, 0.1) is 0 Å². The van der Waals surface area contributed by atoms with Gasteiger partial charge >= 0.3 is 0 Å². The lowest BCUT2D eigenvalue weighted by Crippen LogP contribution is -1.81. The molecule has 0 saturated carbocycles. The van der Waals surface area contributed by atoms with E-state index in [1.54, 1.807) is 36.4 Å². The normalized spacial score (nSPS) is 10.3. The summed E-state index contributed by atoms with van der Waals surface area (Å²) in [5.74, 6) is 0.198. The Morgan fingerprint density at radius 2 is 1.47 bits per heavy atom. The predicted octanol–water partition coefficient (Wildman–Crippen LogP) is 4.37. The lowest BCUT2D eigenvalue weighted by atomic mass is 10.1. The summed E-state index contributed by atoms with van der Waals surface area (Å²) in [6, 6.07) is 12.2. The first-order valence-electron chi connectivity index (χ1n) is 4.42. The molecule has 2 rings (SSSR count). The van der Waals surface area contributed by atoms with Crippen molar-refractivity contribution in [3.63, 3.8) is 0 Å². The van der Waals surface area contributed by atoms with Gasteiger partial charge in [0.15, 0.2) is 0 Å². The fourth-order valence-electron chi connectivity index (χ4n) is 1.44. The van der Waals surface area contributed by atoms with Crippen molar-refractivity contribution in [1.82, 2.24) is 0 Å². The smallest absolute Gasteiger partial charge is 0.116 e. The van der Waals surface area contributed by atoms with Gasteiger partial charge in [0.1, 0.15) is 5.75 Å². The molecule has 0 aliphatic rings. The van der Waals surface area contributed by atoms with Crippen LogP contribution in [0.3, 0.4) is 0 Å². The molecule has 0 spiro atoms. The molecule has 0 amide bonds. The maximum Gasteiger partial charge on any atom is 0.116 e. The van der Waals surface area contributed by atoms with E-state index in [-0.39, 0.29) is 5.75 Å². The summed E-state index contributed by atoms with van der Waals surface area (Å²) in [5, 5.41) is 10.5. The molecule has 0 radical (unpaired) electrons. The van der Waals surface area contributed by atoms with Crippen LogP contribution in [0.2, 0.25) is 10.0 Å². The van der Waals surface area contributed by atoms with Crippen molar-refractivity contribution in [2.75, 3.05) is 0 Å². The van der Waals surface area contributed by atoms with Gasteiger partial charge in [-0.25, -0.2) is 0 Å². The van der Waals surface area contributed by atoms with Gasteiger partial charge in [-0.1, -0.05) is 41.4 Å². The second kappa shape index (κ2) is 4.13. The molecule has 0 saturated heterocycles. The Kier molecular flexibility index (Phi) is 2.85. The van der Waals surface area contributed by atoms with Crippen molar-refractivity contribution in [3.05, 3.63) is 52.5 Å². The predicted molar refractivity (Wildman–Crippen MR) is 63.6 cm³/mol. The quantitative estimate of drug-likeness (QED) is 0.783. The van der Waals surface area contributed by atoms with Crippen LogP contribution in [0.5, 0.6) is 5.75 Å². The van der Waals surface area contributed by atoms with Crippen molar-refractivity contribution in [2.24, 2.45) is 0 Å². The van der Waals surface area contributed by atoms with Gasteiger partial charge in [-0.2, -0.15) is 0 Å². The van der Waals surface area contributed by atoms with E-state index in [0.717, 1.165) is 11.1 Å². The Morgan fingerprint density at radius 1 is 0.867 bits per heavy atom. The zero-order valence-corrected chi connectivity index (χ0v) is 9.26. The van der Waals surface area contributed by atoms with E-state index in [2.05, 4.69) is 0 Å². The summed E-state index contributed by atoms with van der Waals surface area (Å²) in [6.07, 6.45) is 0. The average Bonchev–Trinajstić information content (AvgIpc) is 2.17. The molecule has 15 heavy (non-hydrogen) atoms. The molecule has 0 unspecified atom stereocenters. The molecule has 2 aromatic rings. The highest BCUT2D eigenvalue weighted by Crippen LogP contribution is 2.35. The minimum Gasteiger partial charge on any atom is -0.508 e. The summed E-state index contributed by atoms with van der Waals surface area (Å²) in [5.41, 5.74) is 1.56. The fraction of sp³-hybridized carbons (Fsp3) is 0. The largest absolute Gasteiger partial charge is 0.508 e. The third kappa shape index (κ3) is 2.09. The van der Waals surface area contributed by atoms with E-state index >= 15 is 0 Å². The topological polar surface area (TPSA) is 20.2 Å². The van der Waals surface area contributed by atoms with E-state index in [4.69, 9.17) is 23.2 Å². The van der Waals surface area contributed by atoms with Crippen LogP contribution in [0.1, 0.15) is 0 Å². The first-order chi connectivity index (χ1) is 7.18. The van der Waals surface area contributed by atoms with Gasteiger partial charge in [0.25, 0.3) is 0 Å². The number of phenols is 1. The number of benzene rings is 2. The zero-order chi connectivity index (χ0) is 10.8. The second-order valence-corrected chi connectivity index (χ2v) is 3.96. The van der Waals surface area contributed by atoms with Gasteiger partial charge in [0.2, 0.25) is 0 Å². The summed E-state index contributed by atoms with van der Waals surface area (Å²) in [4.78, 5) is 0. The molecule has 0 heterocycles. The Bertz CT molecular complexity index is 474. The van der Waals surface area contributed by atoms with E-state index in [9.17, 15) is 5.11 Å². The highest BCUT2D eigenvalue weighted by Gasteiger charge is 2.07. The van der Waals surface area contributed by atoms with E-state index in [1.807, 2.05) is 6.07 Å². The van der Waals surface area contributed by atoms with Gasteiger partial charge < -0.3 is 5.11 Å². The molecule has 2 aromatic carbocycles. The molecule has 0 aliphatic carbocycles. The SMILES string of the molecule is Oc1cccc(-c2c(Cl)cccc2Cl)c1. The molecule has 3 heteroatoms. The number of hydrogen-bond acceptors (Lipinski definition) is 1. The van der Waals surface area contributed by atoms with Crippen LogP contribution in [0.4, 0.5) is 0 Å². The van der Waals surface area contributed by atoms with Gasteiger partial charge in [-0.3, -0.25) is 0 Å². The average molecular weight is 239 g/mol. The van der Waals surface area contributed by atoms with Crippen molar-refractivity contribution >= 4 is 23.2 Å². The molecule has 0 aromatic heterocycles. The Morgan fingerprint density at radius 3 is 2.07 bits per heavy atom. The van der Waals surface area contributed by atoms with Crippen molar-refractivity contribution in [3.8, 4) is 16.9 Å². The van der Waals surface area contributed by atoms with Crippen LogP contribution >= 0.6 is 23.2 Å². The number of halogens is 2. The summed E-state index contributed by atoms with van der Waals surface area (Å²) >= 11 is 12.1. The number of rotatable bonds is 1. The highest BCUT2D eigenvalue weighted by atomic mass is 35.5. The van der Waals surface area contributed by atoms with Crippen LogP contribution in [-0.2, 0) is 0 Å². The van der Waals surface area contributed by atoms with Crippen LogP contribution in [0.25, 0.3) is 11.1 Å². The number of hydrogen-bond donors (Lipinski definition) is 1. The molecular weight excluding hydrogens is 231 g/mol. The van der Waals surface area contributed by atoms with Crippen molar-refractivity contribution in [1.29, 1.82) is 0 Å². The van der Waals surface area contributed by atoms with Crippen LogP contribution in [0.15, 0.2) is 42.5 Å². The van der Waals surface area contributed by atoms with Crippen molar-refractivity contribution in [2.45, 2.75) is 0 Å². The van der Waals surface area contributed by atoms with Gasteiger partial charge in [-0.05, 0) is 29.8 Å². The maximum atomic E-state index is 9.37. The minimum absolute atomic E-state index is 0.198. The monoisotopic (exact) mass is 238 g/mol. The maximum absolute atomic E-state index is 9.37. The molecule has 0 atom stereocenters. The van der Waals surface area contributed by atoms with Gasteiger partial charge in [0, 0.05) is 15.6 Å². The van der Waals surface area contributed by atoms with E-state index < -0.39 is 0 Å². The zero-order valence-electron chi connectivity index (χ0n) is 7.74. The van der Waals surface area contributed by atoms with E-state index in [0.29, 0.717) is 10.0 Å². The number of phenolic OH excluding ortho intramolecular Hbond substituents is 1. The molecule has 1 N–H and O–H groups in total. The lowest BCUT2D eigenvalue weighted by Gasteiger charge is -2.06. The Labute approximate surface area is 97.9 Å². The van der Waals surface area contributed by atoms with Crippen LogP contribution in [-0.4, -0.2) is 5.11 Å². The number of aromatic hydroxyl groups is 1. The molecular formula is C12H8Cl2O. The van der Waals surface area contributed by atoms with Crippen molar-refractivity contribution < 1.29 is 5.11 Å². The summed E-state index contributed by atoms with van der Waals surface area (Å²) in [6.45, 7) is 0.